The molecule has 1 aliphatic rings. The average Bonchev–Trinajstić information content (AvgIpc) is 3.14. The third-order valence-corrected chi connectivity index (χ3v) is 9.61. The van der Waals surface area contributed by atoms with Crippen LogP contribution in [0.15, 0.2) is 103 Å². The third-order valence-electron chi connectivity index (χ3n) is 9.61. The van der Waals surface area contributed by atoms with Gasteiger partial charge in [-0.15, -0.1) is 0 Å². The van der Waals surface area contributed by atoms with Crippen molar-refractivity contribution in [3.05, 3.63) is 131 Å². The van der Waals surface area contributed by atoms with E-state index in [9.17, 15) is 19.8 Å². The van der Waals surface area contributed by atoms with Crippen LogP contribution >= 0.6 is 0 Å². The van der Waals surface area contributed by atoms with Gasteiger partial charge in [0.05, 0.1) is 24.9 Å². The van der Waals surface area contributed by atoms with Crippen LogP contribution in [-0.4, -0.2) is 57.8 Å². The summed E-state index contributed by atoms with van der Waals surface area (Å²) in [5.74, 6) is -1.08. The van der Waals surface area contributed by atoms with Gasteiger partial charge in [0.2, 0.25) is 5.91 Å². The van der Waals surface area contributed by atoms with E-state index in [0.717, 1.165) is 38.9 Å². The molecule has 1 heterocycles. The number of carbonyl (C=O) groups excluding carboxylic acids is 1. The van der Waals surface area contributed by atoms with Gasteiger partial charge in [-0.1, -0.05) is 104 Å². The van der Waals surface area contributed by atoms with Crippen molar-refractivity contribution >= 4 is 11.9 Å². The van der Waals surface area contributed by atoms with Crippen LogP contribution in [0.2, 0.25) is 0 Å². The van der Waals surface area contributed by atoms with Crippen LogP contribution in [-0.2, 0) is 32.2 Å². The second-order valence-corrected chi connectivity index (χ2v) is 13.2. The van der Waals surface area contributed by atoms with Crippen molar-refractivity contribution < 1.29 is 34.4 Å². The normalized spacial score (nSPS) is 20.3. The number of carboxylic acid groups (broad SMARTS) is 1. The molecule has 1 saturated heterocycles. The minimum Gasteiger partial charge on any atom is -0.481 e. The maximum Gasteiger partial charge on any atom is 0.303 e. The van der Waals surface area contributed by atoms with Gasteiger partial charge in [0.15, 0.2) is 6.29 Å². The summed E-state index contributed by atoms with van der Waals surface area (Å²) in [5.41, 5.74) is 6.55. The first kappa shape index (κ1) is 36.9. The summed E-state index contributed by atoms with van der Waals surface area (Å²) >= 11 is 0. The highest BCUT2D eigenvalue weighted by atomic mass is 16.7. The second-order valence-electron chi connectivity index (χ2n) is 13.2. The molecule has 6 atom stereocenters. The molecule has 0 aliphatic carbocycles. The van der Waals surface area contributed by atoms with Crippen molar-refractivity contribution in [3.8, 4) is 11.1 Å². The van der Waals surface area contributed by atoms with E-state index in [2.05, 4.69) is 17.1 Å². The number of aliphatic carboxylic acids is 1. The van der Waals surface area contributed by atoms with Gasteiger partial charge in [-0.3, -0.25) is 14.5 Å². The van der Waals surface area contributed by atoms with Crippen molar-refractivity contribution in [1.82, 2.24) is 10.2 Å². The number of nitrogens with zero attached hydrogens (tertiary/aromatic N) is 1. The Labute approximate surface area is 294 Å². The average molecular weight is 681 g/mol. The number of benzene rings is 4. The third kappa shape index (κ3) is 9.65. The van der Waals surface area contributed by atoms with Gasteiger partial charge in [-0.2, -0.15) is 0 Å². The van der Waals surface area contributed by atoms with Gasteiger partial charge in [-0.05, 0) is 59.8 Å². The monoisotopic (exact) mass is 680 g/mol. The van der Waals surface area contributed by atoms with E-state index >= 15 is 0 Å². The zero-order valence-electron chi connectivity index (χ0n) is 28.9. The highest BCUT2D eigenvalue weighted by molar-refractivity contribution is 5.76. The van der Waals surface area contributed by atoms with E-state index in [4.69, 9.17) is 14.6 Å². The fourth-order valence-corrected chi connectivity index (χ4v) is 6.33. The summed E-state index contributed by atoms with van der Waals surface area (Å²) in [5, 5.41) is 32.4. The van der Waals surface area contributed by atoms with E-state index in [0.29, 0.717) is 19.5 Å². The molecule has 9 heteroatoms. The van der Waals surface area contributed by atoms with E-state index in [1.807, 2.05) is 117 Å². The number of aliphatic hydroxyl groups excluding tert-OH is 2. The Bertz CT molecular complexity index is 1680. The molecule has 0 bridgehead atoms. The lowest BCUT2D eigenvalue weighted by atomic mass is 9.89. The zero-order valence-corrected chi connectivity index (χ0v) is 28.9. The molecule has 4 aromatic rings. The molecule has 264 valence electrons. The molecular formula is C41H48N2O7. The van der Waals surface area contributed by atoms with E-state index in [-0.39, 0.29) is 49.5 Å². The van der Waals surface area contributed by atoms with E-state index in [1.54, 1.807) is 0 Å². The molecule has 0 aromatic heterocycles. The summed E-state index contributed by atoms with van der Waals surface area (Å²) < 4.78 is 13.4. The summed E-state index contributed by atoms with van der Waals surface area (Å²) in [6.07, 6.45) is -1.28. The molecule has 9 nitrogen and oxygen atoms in total. The Hall–Kier alpha value is -4.38. The Kier molecular flexibility index (Phi) is 12.9. The number of ether oxygens (including phenoxy) is 2. The van der Waals surface area contributed by atoms with Crippen molar-refractivity contribution in [2.75, 3.05) is 13.6 Å². The zero-order chi connectivity index (χ0) is 35.6. The molecule has 1 amide bonds. The topological polar surface area (TPSA) is 129 Å². The Balaban J connectivity index is 1.31. The number of likely N-dealkylation sites (N-methyl/N-ethyl adjacent to an activating group) is 1. The summed E-state index contributed by atoms with van der Waals surface area (Å²) in [6.45, 7) is 5.07. The van der Waals surface area contributed by atoms with Crippen LogP contribution in [0, 0.1) is 5.92 Å². The quantitative estimate of drug-likeness (QED) is 0.111. The van der Waals surface area contributed by atoms with Gasteiger partial charge in [0.25, 0.3) is 0 Å². The lowest BCUT2D eigenvalue weighted by molar-refractivity contribution is -0.276. The van der Waals surface area contributed by atoms with Gasteiger partial charge in [0.1, 0.15) is 0 Å². The number of rotatable bonds is 15. The first-order valence-corrected chi connectivity index (χ1v) is 17.2. The van der Waals surface area contributed by atoms with Gasteiger partial charge in [-0.25, -0.2) is 0 Å². The molecule has 1 fully saturated rings. The number of carbonyl (C=O) groups is 2. The predicted molar refractivity (Wildman–Crippen MR) is 192 cm³/mol. The maximum absolute atomic E-state index is 12.2. The van der Waals surface area contributed by atoms with Crippen LogP contribution in [0.25, 0.3) is 11.1 Å². The summed E-state index contributed by atoms with van der Waals surface area (Å²) in [4.78, 5) is 25.0. The lowest BCUT2D eigenvalue weighted by Gasteiger charge is -2.43. The van der Waals surface area contributed by atoms with Gasteiger partial charge in [0, 0.05) is 43.5 Å². The molecule has 0 saturated carbocycles. The molecule has 0 unspecified atom stereocenters. The van der Waals surface area contributed by atoms with Crippen LogP contribution < -0.4 is 5.32 Å². The van der Waals surface area contributed by atoms with Crippen LogP contribution in [0.5, 0.6) is 0 Å². The molecule has 1 aliphatic heterocycles. The SMILES string of the molecule is C[C@H]1[C@@H](CN(C)[C@@H](C)[C@H](O)c2ccccc2)O[C@@H](c2ccc(-c3cccc(CNC(=O)CCCC(=O)O)c3)cc2)O[C@H]1c1ccc(CO)cc1. The van der Waals surface area contributed by atoms with Crippen molar-refractivity contribution in [2.24, 2.45) is 5.92 Å². The standard InChI is InChI=1S/C41H48N2O7/c1-27-36(25-43(3)28(2)39(48)32-10-5-4-6-11-32)49-41(50-40(27)33-17-15-29(26-44)16-18-33)34-21-19-31(20-22-34)35-12-7-9-30(23-35)24-42-37(45)13-8-14-38(46)47/h4-7,9-12,15-23,27-28,36,39-41,44,48H,8,13-14,24-26H2,1-3H3,(H,42,45)(H,46,47)/t27-,28-,36+,39-,40+,41+/m0/s1. The van der Waals surface area contributed by atoms with Crippen molar-refractivity contribution in [3.63, 3.8) is 0 Å². The first-order chi connectivity index (χ1) is 24.1. The van der Waals surface area contributed by atoms with Crippen LogP contribution in [0.4, 0.5) is 0 Å². The molecule has 0 radical (unpaired) electrons. The predicted octanol–water partition coefficient (Wildman–Crippen LogP) is 6.56. The van der Waals surface area contributed by atoms with Gasteiger partial charge < -0.3 is 30.1 Å². The van der Waals surface area contributed by atoms with Crippen LogP contribution in [0.1, 0.15) is 79.4 Å². The number of nitrogens with one attached hydrogen (secondary N) is 1. The van der Waals surface area contributed by atoms with E-state index < -0.39 is 18.4 Å². The fraction of sp³-hybridized carbons (Fsp3) is 0.366. The smallest absolute Gasteiger partial charge is 0.303 e. The maximum atomic E-state index is 12.2. The number of amides is 1. The Morgan fingerprint density at radius 2 is 1.54 bits per heavy atom. The minimum atomic E-state index is -0.904. The summed E-state index contributed by atoms with van der Waals surface area (Å²) in [7, 11) is 2.01. The molecule has 0 spiro atoms. The highest BCUT2D eigenvalue weighted by Crippen LogP contribution is 2.42. The number of carboxylic acids is 1. The number of hydrogen-bond donors (Lipinski definition) is 4. The minimum absolute atomic E-state index is 0.00517. The Morgan fingerprint density at radius 1 is 0.840 bits per heavy atom. The van der Waals surface area contributed by atoms with E-state index in [1.165, 1.54) is 0 Å². The number of hydrogen-bond acceptors (Lipinski definition) is 7. The Morgan fingerprint density at radius 3 is 2.22 bits per heavy atom. The fourth-order valence-electron chi connectivity index (χ4n) is 6.33. The van der Waals surface area contributed by atoms with Gasteiger partial charge >= 0.3 is 5.97 Å². The lowest BCUT2D eigenvalue weighted by Crippen LogP contribution is -2.46. The van der Waals surface area contributed by atoms with Crippen molar-refractivity contribution in [1.29, 1.82) is 0 Å². The second kappa shape index (κ2) is 17.5. The first-order valence-electron chi connectivity index (χ1n) is 17.2. The molecule has 4 N–H and O–H groups in total. The molecule has 4 aromatic carbocycles. The highest BCUT2D eigenvalue weighted by Gasteiger charge is 2.39. The summed E-state index contributed by atoms with van der Waals surface area (Å²) in [6, 6.07) is 33.4. The molecular weight excluding hydrogens is 632 g/mol. The van der Waals surface area contributed by atoms with Crippen LogP contribution in [0.3, 0.4) is 0 Å². The molecule has 50 heavy (non-hydrogen) atoms. The van der Waals surface area contributed by atoms with Crippen molar-refractivity contribution in [2.45, 2.75) is 76.9 Å². The molecule has 5 rings (SSSR count). The largest absolute Gasteiger partial charge is 0.481 e. The number of aliphatic hydroxyl groups is 2.